The Morgan fingerprint density at radius 2 is 0.805 bits per heavy atom. The molecule has 0 radical (unpaired) electrons. The van der Waals surface area contributed by atoms with E-state index in [4.69, 9.17) is 4.11 Å². The van der Waals surface area contributed by atoms with Gasteiger partial charge in [-0.3, -0.25) is 0 Å². The van der Waals surface area contributed by atoms with Crippen molar-refractivity contribution >= 4 is 96.1 Å². The molecule has 0 fully saturated rings. The van der Waals surface area contributed by atoms with Gasteiger partial charge in [0.25, 0.3) is 6.71 Å². The van der Waals surface area contributed by atoms with E-state index in [0.29, 0.717) is 5.56 Å². The van der Waals surface area contributed by atoms with Gasteiger partial charge in [0.15, 0.2) is 0 Å². The summed E-state index contributed by atoms with van der Waals surface area (Å²) in [6.45, 7) is 6.49. The van der Waals surface area contributed by atoms with Gasteiger partial charge in [0.05, 0.1) is 17.9 Å². The van der Waals surface area contributed by atoms with E-state index in [0.717, 1.165) is 123 Å². The van der Waals surface area contributed by atoms with Crippen molar-refractivity contribution in [3.63, 3.8) is 0 Å². The summed E-state index contributed by atoms with van der Waals surface area (Å²) in [5.41, 5.74) is 23.3. The molecule has 14 aromatic rings. The average molecular weight is 1120 g/mol. The molecule has 412 valence electrons. The molecule has 0 bridgehead atoms. The molecule has 16 rings (SSSR count). The van der Waals surface area contributed by atoms with Crippen LogP contribution in [0, 0.1) is 0 Å². The van der Waals surface area contributed by atoms with E-state index in [9.17, 15) is 2.74 Å². The number of aromatic nitrogens is 1. The lowest BCUT2D eigenvalue weighted by Gasteiger charge is -2.45. The highest BCUT2D eigenvalue weighted by atomic mass is 15.2. The fourth-order valence-electron chi connectivity index (χ4n) is 13.4. The standard InChI is InChI=1S/C82H61BN4/c1-82(2,3)64-53-79-81-80(54-64)87(70-50-62(58-28-13-6-14-29-58)48-63(51-70)59-30-15-7-16-31-59)77-52-61(57-26-11-5-12-27-57)40-46-73(77)83(81)74-47-45-69(55-78(74)86(79)68-35-23-32-60(49-68)56-24-9-4-10-25-56)84(65-33-17-8-18-34-65)66-41-43-67(44-42-66)85-75-38-21-19-36-71(75)72-37-20-22-39-76(72)85/h4-55H,1-3H3/i5D,11D,12D,26D,27D. The summed E-state index contributed by atoms with van der Waals surface area (Å²) in [6.07, 6.45) is 0. The molecule has 0 unspecified atom stereocenters. The maximum Gasteiger partial charge on any atom is 0.252 e. The Hall–Kier alpha value is -10.9. The van der Waals surface area contributed by atoms with Crippen molar-refractivity contribution in [2.24, 2.45) is 0 Å². The van der Waals surface area contributed by atoms with Crippen molar-refractivity contribution < 1.29 is 6.85 Å². The van der Waals surface area contributed by atoms with Gasteiger partial charge < -0.3 is 19.3 Å². The summed E-state index contributed by atoms with van der Waals surface area (Å²) >= 11 is 0. The maximum absolute atomic E-state index is 9.36. The Morgan fingerprint density at radius 3 is 1.40 bits per heavy atom. The fourth-order valence-corrected chi connectivity index (χ4v) is 13.4. The molecule has 4 nitrogen and oxygen atoms in total. The van der Waals surface area contributed by atoms with Crippen LogP contribution in [0.2, 0.25) is 0 Å². The summed E-state index contributed by atoms with van der Waals surface area (Å²) in [7, 11) is 0. The molecule has 0 N–H and O–H groups in total. The zero-order chi connectivity index (χ0) is 62.5. The number of rotatable bonds is 10. The van der Waals surface area contributed by atoms with Crippen LogP contribution in [0.4, 0.5) is 51.2 Å². The second-order valence-corrected chi connectivity index (χ2v) is 23.8. The van der Waals surface area contributed by atoms with Crippen molar-refractivity contribution in [1.29, 1.82) is 0 Å². The Balaban J connectivity index is 0.971. The van der Waals surface area contributed by atoms with Gasteiger partial charge in [0, 0.05) is 67.6 Å². The van der Waals surface area contributed by atoms with Gasteiger partial charge in [-0.2, -0.15) is 0 Å². The van der Waals surface area contributed by atoms with E-state index in [1.165, 1.54) is 10.8 Å². The Bertz CT molecular complexity index is 5090. The first-order chi connectivity index (χ1) is 44.9. The van der Waals surface area contributed by atoms with Gasteiger partial charge in [0.2, 0.25) is 0 Å². The number of fused-ring (bicyclic) bond motifs is 7. The van der Waals surface area contributed by atoms with Crippen molar-refractivity contribution in [2.45, 2.75) is 26.2 Å². The van der Waals surface area contributed by atoms with Gasteiger partial charge in [-0.05, 0) is 181 Å². The number of nitrogens with zero attached hydrogens (tertiary/aromatic N) is 4. The van der Waals surface area contributed by atoms with Crippen molar-refractivity contribution in [2.75, 3.05) is 14.7 Å². The van der Waals surface area contributed by atoms with Crippen LogP contribution in [-0.2, 0) is 5.41 Å². The van der Waals surface area contributed by atoms with E-state index < -0.39 is 6.04 Å². The Kier molecular flexibility index (Phi) is 11.2. The van der Waals surface area contributed by atoms with Crippen LogP contribution in [-0.4, -0.2) is 11.3 Å². The molecular weight excluding hydrogens is 1050 g/mol. The minimum atomic E-state index is -0.426. The van der Waals surface area contributed by atoms with Gasteiger partial charge in [0.1, 0.15) is 0 Å². The number of benzene rings is 13. The van der Waals surface area contributed by atoms with E-state index in [2.05, 4.69) is 307 Å². The zero-order valence-corrected chi connectivity index (χ0v) is 48.5. The van der Waals surface area contributed by atoms with Gasteiger partial charge in [-0.25, -0.2) is 0 Å². The summed E-state index contributed by atoms with van der Waals surface area (Å²) < 4.78 is 47.5. The molecule has 13 aromatic carbocycles. The van der Waals surface area contributed by atoms with Gasteiger partial charge >= 0.3 is 0 Å². The SMILES string of the molecule is [2H]c1c([2H])c([2H])c(-c2ccc3c(c2)N(c2cc(-c4ccccc4)cc(-c4ccccc4)c2)c2cc(C(C)(C)C)cc4c2B3c2ccc(N(c3ccccc3)c3ccc(-n5c6ccccc6c6ccccc65)cc3)cc2N4c2cccc(-c3ccccc3)c2)c([2H])c1[2H]. The largest absolute Gasteiger partial charge is 0.311 e. The van der Waals surface area contributed by atoms with Crippen LogP contribution in [0.25, 0.3) is 72.0 Å². The predicted octanol–water partition coefficient (Wildman–Crippen LogP) is 20.3. The number of para-hydroxylation sites is 3. The topological polar surface area (TPSA) is 14.7 Å². The molecule has 0 aliphatic carbocycles. The van der Waals surface area contributed by atoms with Crippen molar-refractivity contribution in [1.82, 2.24) is 4.57 Å². The third-order valence-electron chi connectivity index (χ3n) is 17.5. The highest BCUT2D eigenvalue weighted by Crippen LogP contribution is 2.50. The predicted molar refractivity (Wildman–Crippen MR) is 370 cm³/mol. The number of hydrogen-bond donors (Lipinski definition) is 0. The lowest BCUT2D eigenvalue weighted by molar-refractivity contribution is 0.590. The molecule has 87 heavy (non-hydrogen) atoms. The van der Waals surface area contributed by atoms with E-state index in [1.807, 2.05) is 18.2 Å². The molecule has 2 aliphatic rings. The van der Waals surface area contributed by atoms with E-state index >= 15 is 0 Å². The van der Waals surface area contributed by atoms with Crippen LogP contribution in [0.5, 0.6) is 0 Å². The minimum absolute atomic E-state index is 0.152. The smallest absolute Gasteiger partial charge is 0.252 e. The van der Waals surface area contributed by atoms with E-state index in [1.54, 1.807) is 0 Å². The molecule has 2 aliphatic heterocycles. The quantitative estimate of drug-likeness (QED) is 0.127. The zero-order valence-electron chi connectivity index (χ0n) is 53.5. The van der Waals surface area contributed by atoms with Crippen molar-refractivity contribution in [3.05, 3.63) is 321 Å². The van der Waals surface area contributed by atoms with Crippen LogP contribution in [0.1, 0.15) is 33.2 Å². The molecule has 0 spiro atoms. The van der Waals surface area contributed by atoms with Crippen molar-refractivity contribution in [3.8, 4) is 50.2 Å². The third kappa shape index (κ3) is 9.01. The van der Waals surface area contributed by atoms with Crippen LogP contribution in [0.3, 0.4) is 0 Å². The van der Waals surface area contributed by atoms with Crippen LogP contribution < -0.4 is 31.1 Å². The maximum atomic E-state index is 9.36. The molecule has 0 saturated carbocycles. The molecule has 0 atom stereocenters. The normalized spacial score (nSPS) is 13.3. The molecule has 0 amide bonds. The van der Waals surface area contributed by atoms with Crippen LogP contribution >= 0.6 is 0 Å². The summed E-state index contributed by atoms with van der Waals surface area (Å²) in [5.74, 6) is 0. The molecule has 1 aromatic heterocycles. The first kappa shape index (κ1) is 46.5. The number of anilines is 9. The highest BCUT2D eigenvalue weighted by molar-refractivity contribution is 7.00. The first-order valence-electron chi connectivity index (χ1n) is 32.4. The molecular formula is C82H61BN4. The molecule has 5 heteroatoms. The summed E-state index contributed by atoms with van der Waals surface area (Å²) in [6, 6.07) is 100. The van der Waals surface area contributed by atoms with E-state index in [-0.39, 0.29) is 41.9 Å². The number of hydrogen-bond acceptors (Lipinski definition) is 3. The average Bonchev–Trinajstić information content (AvgIpc) is 0.867. The summed E-state index contributed by atoms with van der Waals surface area (Å²) in [4.78, 5) is 7.23. The Morgan fingerprint density at radius 1 is 0.333 bits per heavy atom. The second kappa shape index (κ2) is 21.0. The highest BCUT2D eigenvalue weighted by Gasteiger charge is 2.45. The molecule has 3 heterocycles. The summed E-state index contributed by atoms with van der Waals surface area (Å²) in [5, 5.41) is 2.43. The Labute approximate surface area is 516 Å². The first-order valence-corrected chi connectivity index (χ1v) is 29.9. The van der Waals surface area contributed by atoms with Gasteiger partial charge in [-0.1, -0.05) is 227 Å². The van der Waals surface area contributed by atoms with Crippen LogP contribution in [0.15, 0.2) is 315 Å². The lowest BCUT2D eigenvalue weighted by Crippen LogP contribution is -2.61. The lowest BCUT2D eigenvalue weighted by atomic mass is 9.33. The second-order valence-electron chi connectivity index (χ2n) is 23.8. The molecule has 0 saturated heterocycles. The fraction of sp³-hybridized carbons (Fsp3) is 0.0488. The third-order valence-corrected chi connectivity index (χ3v) is 17.5. The van der Waals surface area contributed by atoms with Gasteiger partial charge in [-0.15, -0.1) is 0 Å². The monoisotopic (exact) mass is 1120 g/mol. The minimum Gasteiger partial charge on any atom is -0.311 e.